The lowest BCUT2D eigenvalue weighted by Gasteiger charge is -2.24. The van der Waals surface area contributed by atoms with Gasteiger partial charge in [-0.3, -0.25) is 4.79 Å². The van der Waals surface area contributed by atoms with Crippen LogP contribution < -0.4 is 10.2 Å². The van der Waals surface area contributed by atoms with Crippen LogP contribution in [0.4, 0.5) is 5.69 Å². The van der Waals surface area contributed by atoms with Crippen molar-refractivity contribution in [1.29, 1.82) is 0 Å². The highest BCUT2D eigenvalue weighted by Crippen LogP contribution is 2.40. The standard InChI is InChI=1S/C15H20N2O/c1-10-7-13(10)15(18)17-9-11(2)16-8-12-5-3-4-6-14(12)17/h3-6,10-11,13,16H,7-9H2,1-2H3. The van der Waals surface area contributed by atoms with Gasteiger partial charge in [-0.1, -0.05) is 25.1 Å². The number of anilines is 1. The third-order valence-electron chi connectivity index (χ3n) is 4.07. The van der Waals surface area contributed by atoms with Crippen molar-refractivity contribution >= 4 is 11.6 Å². The molecule has 1 aromatic carbocycles. The van der Waals surface area contributed by atoms with Crippen molar-refractivity contribution in [2.75, 3.05) is 11.4 Å². The molecule has 3 nitrogen and oxygen atoms in total. The molecule has 0 saturated heterocycles. The van der Waals surface area contributed by atoms with Crippen molar-refractivity contribution < 1.29 is 4.79 Å². The first-order chi connectivity index (χ1) is 8.66. The summed E-state index contributed by atoms with van der Waals surface area (Å²) in [5.41, 5.74) is 2.32. The fourth-order valence-corrected chi connectivity index (χ4v) is 2.72. The molecular weight excluding hydrogens is 224 g/mol. The Kier molecular flexibility index (Phi) is 2.86. The number of hydrogen-bond acceptors (Lipinski definition) is 2. The molecule has 0 aromatic heterocycles. The zero-order chi connectivity index (χ0) is 12.7. The number of nitrogens with zero attached hydrogens (tertiary/aromatic N) is 1. The first kappa shape index (κ1) is 11.7. The van der Waals surface area contributed by atoms with E-state index < -0.39 is 0 Å². The molecule has 1 aliphatic carbocycles. The van der Waals surface area contributed by atoms with E-state index >= 15 is 0 Å². The number of carbonyl (C=O) groups excluding carboxylic acids is 1. The Morgan fingerprint density at radius 3 is 2.78 bits per heavy atom. The number of para-hydroxylation sites is 1. The molecule has 0 bridgehead atoms. The number of rotatable bonds is 1. The summed E-state index contributed by atoms with van der Waals surface area (Å²) in [6, 6.07) is 8.58. The molecule has 1 N–H and O–H groups in total. The lowest BCUT2D eigenvalue weighted by molar-refractivity contribution is -0.120. The van der Waals surface area contributed by atoms with Crippen LogP contribution in [0.15, 0.2) is 24.3 Å². The topological polar surface area (TPSA) is 32.3 Å². The molecule has 0 radical (unpaired) electrons. The van der Waals surface area contributed by atoms with E-state index in [9.17, 15) is 4.79 Å². The zero-order valence-corrected chi connectivity index (χ0v) is 11.0. The summed E-state index contributed by atoms with van der Waals surface area (Å²) in [4.78, 5) is 14.5. The van der Waals surface area contributed by atoms with Gasteiger partial charge in [-0.25, -0.2) is 0 Å². The van der Waals surface area contributed by atoms with Crippen LogP contribution in [0.2, 0.25) is 0 Å². The predicted molar refractivity (Wildman–Crippen MR) is 72.4 cm³/mol. The Labute approximate surface area is 108 Å². The summed E-state index contributed by atoms with van der Waals surface area (Å²) >= 11 is 0. The number of amides is 1. The number of fused-ring (bicyclic) bond motifs is 1. The van der Waals surface area contributed by atoms with E-state index in [4.69, 9.17) is 0 Å². The third-order valence-corrected chi connectivity index (χ3v) is 4.07. The van der Waals surface area contributed by atoms with Crippen molar-refractivity contribution in [3.63, 3.8) is 0 Å². The minimum Gasteiger partial charge on any atom is -0.310 e. The quantitative estimate of drug-likeness (QED) is 0.821. The van der Waals surface area contributed by atoms with Crippen LogP contribution in [0.25, 0.3) is 0 Å². The van der Waals surface area contributed by atoms with Crippen LogP contribution in [0.3, 0.4) is 0 Å². The molecular formula is C15H20N2O. The second-order valence-corrected chi connectivity index (χ2v) is 5.68. The lowest BCUT2D eigenvalue weighted by Crippen LogP contribution is -2.40. The first-order valence-electron chi connectivity index (χ1n) is 6.79. The van der Waals surface area contributed by atoms with Crippen molar-refractivity contribution in [3.8, 4) is 0 Å². The highest BCUT2D eigenvalue weighted by atomic mass is 16.2. The molecule has 96 valence electrons. The van der Waals surface area contributed by atoms with Gasteiger partial charge < -0.3 is 10.2 Å². The van der Waals surface area contributed by atoms with E-state index in [0.717, 1.165) is 25.2 Å². The van der Waals surface area contributed by atoms with E-state index in [1.807, 2.05) is 17.0 Å². The van der Waals surface area contributed by atoms with E-state index in [0.29, 0.717) is 17.9 Å². The van der Waals surface area contributed by atoms with Crippen LogP contribution in [0.1, 0.15) is 25.8 Å². The lowest BCUT2D eigenvalue weighted by atomic mass is 10.1. The number of carbonyl (C=O) groups is 1. The SMILES string of the molecule is CC1CN(C(=O)C2CC2C)c2ccccc2CN1. The molecule has 3 rings (SSSR count). The normalized spacial score (nSPS) is 30.6. The van der Waals surface area contributed by atoms with Crippen LogP contribution >= 0.6 is 0 Å². The minimum atomic E-state index is 0.253. The highest BCUT2D eigenvalue weighted by Gasteiger charge is 2.42. The van der Waals surface area contributed by atoms with Gasteiger partial charge in [0.2, 0.25) is 5.91 Å². The first-order valence-corrected chi connectivity index (χ1v) is 6.79. The monoisotopic (exact) mass is 244 g/mol. The predicted octanol–water partition coefficient (Wildman–Crippen LogP) is 2.17. The van der Waals surface area contributed by atoms with E-state index in [2.05, 4.69) is 31.3 Å². The fraction of sp³-hybridized carbons (Fsp3) is 0.533. The molecule has 18 heavy (non-hydrogen) atoms. The number of nitrogens with one attached hydrogen (secondary N) is 1. The smallest absolute Gasteiger partial charge is 0.230 e. The Morgan fingerprint density at radius 2 is 2.06 bits per heavy atom. The van der Waals surface area contributed by atoms with E-state index in [1.54, 1.807) is 0 Å². The van der Waals surface area contributed by atoms with E-state index in [1.165, 1.54) is 5.56 Å². The molecule has 1 saturated carbocycles. The average Bonchev–Trinajstić information content (AvgIpc) is 3.12. The molecule has 1 aliphatic heterocycles. The zero-order valence-electron chi connectivity index (χ0n) is 11.0. The van der Waals surface area contributed by atoms with Crippen LogP contribution in [-0.2, 0) is 11.3 Å². The summed E-state index contributed by atoms with van der Waals surface area (Å²) in [6.45, 7) is 5.93. The largest absolute Gasteiger partial charge is 0.310 e. The number of hydrogen-bond donors (Lipinski definition) is 1. The van der Waals surface area contributed by atoms with Crippen LogP contribution in [0, 0.1) is 11.8 Å². The Bertz CT molecular complexity index is 471. The minimum absolute atomic E-state index is 0.253. The Morgan fingerprint density at radius 1 is 1.33 bits per heavy atom. The Balaban J connectivity index is 1.93. The van der Waals surface area contributed by atoms with Gasteiger partial charge in [-0.05, 0) is 30.9 Å². The third kappa shape index (κ3) is 2.03. The Hall–Kier alpha value is -1.35. The molecule has 1 amide bonds. The highest BCUT2D eigenvalue weighted by molar-refractivity contribution is 5.97. The molecule has 0 spiro atoms. The van der Waals surface area contributed by atoms with Gasteiger partial charge in [0.25, 0.3) is 0 Å². The summed E-state index contributed by atoms with van der Waals surface area (Å²) in [5, 5.41) is 3.46. The van der Waals surface area contributed by atoms with Crippen molar-refractivity contribution in [2.45, 2.75) is 32.9 Å². The molecule has 1 aromatic rings. The van der Waals surface area contributed by atoms with Crippen LogP contribution in [-0.4, -0.2) is 18.5 Å². The summed E-state index contributed by atoms with van der Waals surface area (Å²) in [5.74, 6) is 1.13. The molecule has 1 fully saturated rings. The van der Waals surface area contributed by atoms with Gasteiger partial charge in [0.05, 0.1) is 0 Å². The van der Waals surface area contributed by atoms with Gasteiger partial charge in [0.15, 0.2) is 0 Å². The molecule has 3 unspecified atom stereocenters. The molecule has 3 heteroatoms. The summed E-state index contributed by atoms with van der Waals surface area (Å²) in [7, 11) is 0. The second-order valence-electron chi connectivity index (χ2n) is 5.68. The fourth-order valence-electron chi connectivity index (χ4n) is 2.72. The summed E-state index contributed by atoms with van der Waals surface area (Å²) < 4.78 is 0. The van der Waals surface area contributed by atoms with Gasteiger partial charge >= 0.3 is 0 Å². The summed E-state index contributed by atoms with van der Waals surface area (Å²) in [6.07, 6.45) is 1.05. The maximum Gasteiger partial charge on any atom is 0.230 e. The maximum atomic E-state index is 12.5. The van der Waals surface area contributed by atoms with Gasteiger partial charge in [0.1, 0.15) is 0 Å². The molecule has 2 aliphatic rings. The average molecular weight is 244 g/mol. The van der Waals surface area contributed by atoms with Crippen LogP contribution in [0.5, 0.6) is 0 Å². The second kappa shape index (κ2) is 4.39. The van der Waals surface area contributed by atoms with Gasteiger partial charge in [-0.2, -0.15) is 0 Å². The van der Waals surface area contributed by atoms with Crippen molar-refractivity contribution in [2.24, 2.45) is 11.8 Å². The van der Waals surface area contributed by atoms with Gasteiger partial charge in [0, 0.05) is 30.7 Å². The van der Waals surface area contributed by atoms with Gasteiger partial charge in [-0.15, -0.1) is 0 Å². The maximum absolute atomic E-state index is 12.5. The van der Waals surface area contributed by atoms with Crippen molar-refractivity contribution in [1.82, 2.24) is 5.32 Å². The van der Waals surface area contributed by atoms with Crippen molar-refractivity contribution in [3.05, 3.63) is 29.8 Å². The number of benzene rings is 1. The van der Waals surface area contributed by atoms with E-state index in [-0.39, 0.29) is 5.92 Å². The molecule has 3 atom stereocenters. The molecule has 1 heterocycles.